The smallest absolute Gasteiger partial charge is 0.0978 e. The minimum atomic E-state index is -0.600. The summed E-state index contributed by atoms with van der Waals surface area (Å²) < 4.78 is 0. The van der Waals surface area contributed by atoms with Crippen LogP contribution in [0.15, 0.2) is 30.3 Å². The lowest BCUT2D eigenvalue weighted by Gasteiger charge is -2.39. The second kappa shape index (κ2) is 6.93. The van der Waals surface area contributed by atoms with Gasteiger partial charge in [-0.25, -0.2) is 0 Å². The van der Waals surface area contributed by atoms with E-state index in [2.05, 4.69) is 30.3 Å². The first-order chi connectivity index (χ1) is 10.3. The maximum absolute atomic E-state index is 11.6. The minimum Gasteiger partial charge on any atom is -0.385 e. The zero-order valence-corrected chi connectivity index (χ0v) is 13.2. The molecule has 2 N–H and O–H groups in total. The van der Waals surface area contributed by atoms with Crippen LogP contribution in [0.2, 0.25) is 0 Å². The lowest BCUT2D eigenvalue weighted by molar-refractivity contribution is -0.888. The van der Waals surface area contributed by atoms with Crippen molar-refractivity contribution >= 4 is 0 Å². The molecule has 1 saturated heterocycles. The molecule has 2 aliphatic rings. The van der Waals surface area contributed by atoms with Gasteiger partial charge in [-0.1, -0.05) is 49.6 Å². The Labute approximate surface area is 129 Å². The number of hydrogen-bond donors (Lipinski definition) is 2. The van der Waals surface area contributed by atoms with Crippen LogP contribution in [-0.2, 0) is 5.60 Å². The predicted molar refractivity (Wildman–Crippen MR) is 86.3 cm³/mol. The van der Waals surface area contributed by atoms with Crippen molar-refractivity contribution in [1.29, 1.82) is 0 Å². The molecule has 2 heteroatoms. The zero-order valence-electron chi connectivity index (χ0n) is 13.2. The maximum Gasteiger partial charge on any atom is 0.0978 e. The van der Waals surface area contributed by atoms with E-state index < -0.39 is 5.60 Å². The Morgan fingerprint density at radius 3 is 2.29 bits per heavy atom. The van der Waals surface area contributed by atoms with Gasteiger partial charge in [0.2, 0.25) is 0 Å². The van der Waals surface area contributed by atoms with E-state index in [-0.39, 0.29) is 0 Å². The van der Waals surface area contributed by atoms with E-state index in [4.69, 9.17) is 0 Å². The molecule has 0 unspecified atom stereocenters. The van der Waals surface area contributed by atoms with Crippen LogP contribution in [0.1, 0.15) is 56.9 Å². The molecule has 0 amide bonds. The predicted octanol–water partition coefficient (Wildman–Crippen LogP) is 2.52. The van der Waals surface area contributed by atoms with Crippen molar-refractivity contribution in [2.75, 3.05) is 19.6 Å². The van der Waals surface area contributed by atoms with Gasteiger partial charge in [-0.05, 0) is 24.3 Å². The second-order valence-corrected chi connectivity index (χ2v) is 7.08. The lowest BCUT2D eigenvalue weighted by Crippen LogP contribution is -3.10. The number of likely N-dealkylation sites (tertiary alicyclic amines) is 1. The molecule has 2 fully saturated rings. The topological polar surface area (TPSA) is 24.7 Å². The highest BCUT2D eigenvalue weighted by atomic mass is 16.3. The molecular weight excluding hydrogens is 258 g/mol. The molecule has 116 valence electrons. The van der Waals surface area contributed by atoms with Crippen molar-refractivity contribution in [1.82, 2.24) is 0 Å². The summed E-state index contributed by atoms with van der Waals surface area (Å²) in [4.78, 5) is 1.69. The van der Waals surface area contributed by atoms with E-state index in [0.717, 1.165) is 18.5 Å². The highest BCUT2D eigenvalue weighted by Gasteiger charge is 2.39. The van der Waals surface area contributed by atoms with Crippen LogP contribution in [0, 0.1) is 5.92 Å². The summed E-state index contributed by atoms with van der Waals surface area (Å²) in [5, 5.41) is 11.6. The molecule has 0 spiro atoms. The molecule has 1 aromatic carbocycles. The third-order valence-electron chi connectivity index (χ3n) is 5.72. The van der Waals surface area contributed by atoms with Crippen molar-refractivity contribution in [2.24, 2.45) is 5.92 Å². The normalized spacial score (nSPS) is 24.0. The number of aliphatic hydroxyl groups is 1. The molecule has 1 aliphatic heterocycles. The molecule has 2 nitrogen and oxygen atoms in total. The third-order valence-corrected chi connectivity index (χ3v) is 5.72. The van der Waals surface area contributed by atoms with Crippen LogP contribution in [0.4, 0.5) is 0 Å². The molecule has 0 radical (unpaired) electrons. The number of rotatable bonds is 5. The van der Waals surface area contributed by atoms with E-state index in [1.54, 1.807) is 4.90 Å². The Balaban J connectivity index is 1.75. The Kier molecular flexibility index (Phi) is 4.97. The van der Waals surface area contributed by atoms with Crippen molar-refractivity contribution in [3.63, 3.8) is 0 Å². The van der Waals surface area contributed by atoms with Crippen LogP contribution in [0.3, 0.4) is 0 Å². The quantitative estimate of drug-likeness (QED) is 0.855. The summed E-state index contributed by atoms with van der Waals surface area (Å²) in [6.07, 6.45) is 9.97. The largest absolute Gasteiger partial charge is 0.385 e. The van der Waals surface area contributed by atoms with Gasteiger partial charge in [-0.3, -0.25) is 0 Å². The Bertz CT molecular complexity index is 420. The number of nitrogens with one attached hydrogen (secondary N) is 1. The van der Waals surface area contributed by atoms with Crippen LogP contribution in [0.25, 0.3) is 0 Å². The highest BCUT2D eigenvalue weighted by Crippen LogP contribution is 2.41. The average Bonchev–Trinajstić information content (AvgIpc) is 3.08. The van der Waals surface area contributed by atoms with Gasteiger partial charge in [0.25, 0.3) is 0 Å². The van der Waals surface area contributed by atoms with Gasteiger partial charge in [-0.15, -0.1) is 0 Å². The highest BCUT2D eigenvalue weighted by molar-refractivity contribution is 5.23. The first-order valence-corrected chi connectivity index (χ1v) is 8.90. The minimum absolute atomic E-state index is 0.454. The van der Waals surface area contributed by atoms with E-state index in [0.29, 0.717) is 5.92 Å². The van der Waals surface area contributed by atoms with Gasteiger partial charge in [0, 0.05) is 19.3 Å². The Hall–Kier alpha value is -0.860. The van der Waals surface area contributed by atoms with Crippen LogP contribution >= 0.6 is 0 Å². The standard InChI is InChI=1S/C19H29NO/c21-19(17-9-3-1-4-10-17,18-11-5-2-6-12-18)13-16-20-14-7-8-15-20/h1,3-4,9-10,18,21H,2,5-8,11-16H2/p+1/t19-/m1/s1. The van der Waals surface area contributed by atoms with E-state index in [1.807, 2.05) is 0 Å². The fraction of sp³-hybridized carbons (Fsp3) is 0.684. The van der Waals surface area contributed by atoms with Crippen LogP contribution in [-0.4, -0.2) is 24.7 Å². The second-order valence-electron chi connectivity index (χ2n) is 7.08. The van der Waals surface area contributed by atoms with Crippen LogP contribution < -0.4 is 4.90 Å². The average molecular weight is 288 g/mol. The van der Waals surface area contributed by atoms with E-state index >= 15 is 0 Å². The molecule has 0 bridgehead atoms. The molecule has 1 saturated carbocycles. The fourth-order valence-corrected chi connectivity index (χ4v) is 4.38. The van der Waals surface area contributed by atoms with Crippen molar-refractivity contribution in [2.45, 2.75) is 57.0 Å². The van der Waals surface area contributed by atoms with Gasteiger partial charge < -0.3 is 10.0 Å². The SMILES string of the molecule is O[C@](CC[NH+]1CCCC1)(c1ccccc1)C1CCCCC1. The zero-order chi connectivity index (χ0) is 14.5. The van der Waals surface area contributed by atoms with Gasteiger partial charge in [-0.2, -0.15) is 0 Å². The van der Waals surface area contributed by atoms with Gasteiger partial charge in [0.15, 0.2) is 0 Å². The van der Waals surface area contributed by atoms with Crippen molar-refractivity contribution < 1.29 is 10.0 Å². The monoisotopic (exact) mass is 288 g/mol. The summed E-state index contributed by atoms with van der Waals surface area (Å²) in [6.45, 7) is 3.73. The molecule has 0 aromatic heterocycles. The summed E-state index contributed by atoms with van der Waals surface area (Å²) in [6, 6.07) is 10.5. The lowest BCUT2D eigenvalue weighted by atomic mass is 9.71. The van der Waals surface area contributed by atoms with E-state index in [9.17, 15) is 5.11 Å². The summed E-state index contributed by atoms with van der Waals surface area (Å²) in [7, 11) is 0. The summed E-state index contributed by atoms with van der Waals surface area (Å²) in [5.41, 5.74) is 0.549. The van der Waals surface area contributed by atoms with Gasteiger partial charge in [0.1, 0.15) is 0 Å². The van der Waals surface area contributed by atoms with Gasteiger partial charge in [0.05, 0.1) is 25.2 Å². The third kappa shape index (κ3) is 3.49. The maximum atomic E-state index is 11.6. The Morgan fingerprint density at radius 2 is 1.62 bits per heavy atom. The molecular formula is C19H30NO+. The van der Waals surface area contributed by atoms with E-state index in [1.165, 1.54) is 58.0 Å². The van der Waals surface area contributed by atoms with Crippen molar-refractivity contribution in [3.05, 3.63) is 35.9 Å². The first kappa shape index (κ1) is 15.1. The number of benzene rings is 1. The number of quaternary nitrogens is 1. The fourth-order valence-electron chi connectivity index (χ4n) is 4.38. The van der Waals surface area contributed by atoms with Gasteiger partial charge >= 0.3 is 0 Å². The molecule has 1 heterocycles. The Morgan fingerprint density at radius 1 is 0.952 bits per heavy atom. The first-order valence-electron chi connectivity index (χ1n) is 8.90. The summed E-state index contributed by atoms with van der Waals surface area (Å²) in [5.74, 6) is 0.454. The molecule has 1 atom stereocenters. The molecule has 1 aliphatic carbocycles. The molecule has 1 aromatic rings. The van der Waals surface area contributed by atoms with Crippen LogP contribution in [0.5, 0.6) is 0 Å². The number of hydrogen-bond acceptors (Lipinski definition) is 1. The van der Waals surface area contributed by atoms with Crippen molar-refractivity contribution in [3.8, 4) is 0 Å². The summed E-state index contributed by atoms with van der Waals surface area (Å²) >= 11 is 0. The molecule has 21 heavy (non-hydrogen) atoms. The molecule has 3 rings (SSSR count).